The summed E-state index contributed by atoms with van der Waals surface area (Å²) in [6.07, 6.45) is 0.994. The minimum atomic E-state index is -0.631. The summed E-state index contributed by atoms with van der Waals surface area (Å²) in [4.78, 5) is 0. The van der Waals surface area contributed by atoms with Gasteiger partial charge in [-0.3, -0.25) is 0 Å². The van der Waals surface area contributed by atoms with Gasteiger partial charge in [0.2, 0.25) is 0 Å². The fourth-order valence-electron chi connectivity index (χ4n) is 1.29. The predicted octanol–water partition coefficient (Wildman–Crippen LogP) is 2.02. The summed E-state index contributed by atoms with van der Waals surface area (Å²) in [6.45, 7) is 3.93. The van der Waals surface area contributed by atoms with Crippen molar-refractivity contribution in [1.82, 2.24) is 0 Å². The van der Waals surface area contributed by atoms with Gasteiger partial charge < -0.3 is 10.8 Å². The number of rotatable bonds is 3. The van der Waals surface area contributed by atoms with Gasteiger partial charge in [0.25, 0.3) is 0 Å². The molecule has 1 aromatic rings. The van der Waals surface area contributed by atoms with E-state index >= 15 is 0 Å². The van der Waals surface area contributed by atoms with Gasteiger partial charge in [-0.05, 0) is 53.1 Å². The summed E-state index contributed by atoms with van der Waals surface area (Å²) in [6, 6.07) is 6.12. The van der Waals surface area contributed by atoms with Crippen molar-refractivity contribution in [1.29, 1.82) is 0 Å². The van der Waals surface area contributed by atoms with E-state index in [9.17, 15) is 0 Å². The Kier molecular flexibility index (Phi) is 3.92. The smallest absolute Gasteiger partial charge is 0.0650 e. The molecule has 0 aromatic heterocycles. The van der Waals surface area contributed by atoms with E-state index in [0.717, 1.165) is 12.0 Å². The highest BCUT2D eigenvalue weighted by Gasteiger charge is 2.20. The maximum Gasteiger partial charge on any atom is 0.0650 e. The average Bonchev–Trinajstić information content (AvgIpc) is 2.18. The van der Waals surface area contributed by atoms with Crippen molar-refractivity contribution in [3.8, 4) is 0 Å². The summed E-state index contributed by atoms with van der Waals surface area (Å²) in [5, 5.41) is 9.15. The van der Waals surface area contributed by atoms with Crippen molar-refractivity contribution in [2.75, 3.05) is 6.61 Å². The molecule has 0 aliphatic heterocycles. The molecule has 1 atom stereocenters. The Labute approximate surface area is 98.7 Å². The molecule has 0 spiro atoms. The summed E-state index contributed by atoms with van der Waals surface area (Å²) < 4.78 is 1.25. The first-order valence-corrected chi connectivity index (χ1v) is 5.77. The number of aliphatic hydroxyl groups excluding tert-OH is 1. The first kappa shape index (κ1) is 11.9. The largest absolute Gasteiger partial charge is 0.394 e. The monoisotopic (exact) mass is 305 g/mol. The number of nitrogens with two attached hydrogens (primary N) is 1. The Balaban J connectivity index is 3.12. The van der Waals surface area contributed by atoms with Gasteiger partial charge in [-0.1, -0.05) is 19.1 Å². The lowest BCUT2D eigenvalue weighted by Gasteiger charge is -2.23. The molecule has 1 rings (SSSR count). The molecular weight excluding hydrogens is 289 g/mol. The van der Waals surface area contributed by atoms with Crippen LogP contribution in [-0.2, 0) is 12.0 Å². The molecule has 1 aromatic carbocycles. The van der Waals surface area contributed by atoms with Crippen LogP contribution in [0.1, 0.15) is 25.0 Å². The quantitative estimate of drug-likeness (QED) is 0.839. The summed E-state index contributed by atoms with van der Waals surface area (Å²) in [5.74, 6) is 0. The van der Waals surface area contributed by atoms with Crippen LogP contribution in [0.4, 0.5) is 0 Å². The fourth-order valence-corrected chi connectivity index (χ4v) is 2.01. The summed E-state index contributed by atoms with van der Waals surface area (Å²) >= 11 is 2.31. The van der Waals surface area contributed by atoms with Gasteiger partial charge in [-0.2, -0.15) is 0 Å². The number of aryl methyl sites for hydroxylation is 1. The molecule has 2 nitrogen and oxygen atoms in total. The van der Waals surface area contributed by atoms with Crippen molar-refractivity contribution in [2.24, 2.45) is 5.73 Å². The number of halogens is 1. The first-order valence-electron chi connectivity index (χ1n) is 4.70. The minimum Gasteiger partial charge on any atom is -0.394 e. The van der Waals surface area contributed by atoms with Crippen LogP contribution in [0.3, 0.4) is 0 Å². The molecule has 0 aliphatic carbocycles. The molecule has 0 aliphatic rings. The van der Waals surface area contributed by atoms with Gasteiger partial charge in [0.1, 0.15) is 0 Å². The Morgan fingerprint density at radius 1 is 1.50 bits per heavy atom. The molecule has 0 unspecified atom stereocenters. The van der Waals surface area contributed by atoms with E-state index in [1.54, 1.807) is 0 Å². The Morgan fingerprint density at radius 3 is 2.64 bits per heavy atom. The van der Waals surface area contributed by atoms with Gasteiger partial charge in [0.15, 0.2) is 0 Å². The van der Waals surface area contributed by atoms with E-state index in [1.807, 2.05) is 13.0 Å². The Bertz CT molecular complexity index is 323. The lowest BCUT2D eigenvalue weighted by Crippen LogP contribution is -2.37. The Hall–Kier alpha value is -0.130. The average molecular weight is 305 g/mol. The minimum absolute atomic E-state index is 0.0310. The number of hydrogen-bond donors (Lipinski definition) is 2. The molecule has 0 bridgehead atoms. The topological polar surface area (TPSA) is 46.2 Å². The molecule has 0 radical (unpaired) electrons. The summed E-state index contributed by atoms with van der Waals surface area (Å²) in [7, 11) is 0. The van der Waals surface area contributed by atoms with Gasteiger partial charge in [0.05, 0.1) is 12.1 Å². The third-order valence-electron chi connectivity index (χ3n) is 2.41. The Morgan fingerprint density at radius 2 is 2.14 bits per heavy atom. The van der Waals surface area contributed by atoms with Crippen LogP contribution < -0.4 is 5.73 Å². The molecule has 0 saturated heterocycles. The maximum atomic E-state index is 9.15. The summed E-state index contributed by atoms with van der Waals surface area (Å²) in [5.41, 5.74) is 7.61. The highest BCUT2D eigenvalue weighted by Crippen LogP contribution is 2.22. The molecule has 0 amide bonds. The number of benzene rings is 1. The highest BCUT2D eigenvalue weighted by molar-refractivity contribution is 14.1. The van der Waals surface area contributed by atoms with Gasteiger partial charge in [0, 0.05) is 3.57 Å². The van der Waals surface area contributed by atoms with E-state index in [1.165, 1.54) is 9.13 Å². The maximum absolute atomic E-state index is 9.15. The van der Waals surface area contributed by atoms with Crippen LogP contribution in [-0.4, -0.2) is 11.7 Å². The van der Waals surface area contributed by atoms with Gasteiger partial charge >= 0.3 is 0 Å². The van der Waals surface area contributed by atoms with Crippen molar-refractivity contribution in [3.05, 3.63) is 32.9 Å². The second-order valence-corrected chi connectivity index (χ2v) is 4.90. The first-order chi connectivity index (χ1) is 6.51. The van der Waals surface area contributed by atoms with E-state index in [-0.39, 0.29) is 6.61 Å². The molecule has 0 heterocycles. The number of hydrogen-bond acceptors (Lipinski definition) is 2. The van der Waals surface area contributed by atoms with Crippen LogP contribution in [0.2, 0.25) is 0 Å². The highest BCUT2D eigenvalue weighted by atomic mass is 127. The normalized spacial score (nSPS) is 15.2. The zero-order chi connectivity index (χ0) is 10.8. The number of aliphatic hydroxyl groups is 1. The van der Waals surface area contributed by atoms with Crippen LogP contribution in [0, 0.1) is 3.57 Å². The lowest BCUT2D eigenvalue weighted by atomic mass is 9.92. The lowest BCUT2D eigenvalue weighted by molar-refractivity contribution is 0.210. The van der Waals surface area contributed by atoms with E-state index in [0.29, 0.717) is 0 Å². The third-order valence-corrected chi connectivity index (χ3v) is 3.47. The zero-order valence-electron chi connectivity index (χ0n) is 8.55. The standard InChI is InChI=1S/C11H16INO/c1-3-8-6-9(4-5-10(8)12)11(2,13)7-14/h4-6,14H,3,7,13H2,1-2H3/t11-/m0/s1. The van der Waals surface area contributed by atoms with Crippen LogP contribution in [0.25, 0.3) is 0 Å². The van der Waals surface area contributed by atoms with Crippen molar-refractivity contribution < 1.29 is 5.11 Å². The molecule has 3 N–H and O–H groups in total. The van der Waals surface area contributed by atoms with E-state index in [4.69, 9.17) is 10.8 Å². The molecule has 78 valence electrons. The van der Waals surface area contributed by atoms with E-state index in [2.05, 4.69) is 41.6 Å². The third kappa shape index (κ3) is 2.46. The molecule has 0 saturated carbocycles. The fraction of sp³-hybridized carbons (Fsp3) is 0.455. The molecule has 3 heteroatoms. The van der Waals surface area contributed by atoms with Crippen LogP contribution in [0.5, 0.6) is 0 Å². The SMILES string of the molecule is CCc1cc([C@@](C)(N)CO)ccc1I. The second-order valence-electron chi connectivity index (χ2n) is 3.74. The second kappa shape index (κ2) is 4.59. The van der Waals surface area contributed by atoms with Crippen LogP contribution in [0.15, 0.2) is 18.2 Å². The van der Waals surface area contributed by atoms with Crippen molar-refractivity contribution >= 4 is 22.6 Å². The zero-order valence-corrected chi connectivity index (χ0v) is 10.7. The van der Waals surface area contributed by atoms with Crippen LogP contribution >= 0.6 is 22.6 Å². The van der Waals surface area contributed by atoms with Gasteiger partial charge in [-0.25, -0.2) is 0 Å². The van der Waals surface area contributed by atoms with E-state index < -0.39 is 5.54 Å². The van der Waals surface area contributed by atoms with Gasteiger partial charge in [-0.15, -0.1) is 0 Å². The molecule has 0 fully saturated rings. The predicted molar refractivity (Wildman–Crippen MR) is 67.2 cm³/mol. The van der Waals surface area contributed by atoms with Crippen molar-refractivity contribution in [2.45, 2.75) is 25.8 Å². The molecule has 14 heavy (non-hydrogen) atoms. The van der Waals surface area contributed by atoms with Crippen molar-refractivity contribution in [3.63, 3.8) is 0 Å². The molecular formula is C11H16INO.